The Labute approximate surface area is 185 Å². The fourth-order valence-electron chi connectivity index (χ4n) is 5.47. The van der Waals surface area contributed by atoms with E-state index in [1.165, 1.54) is 7.11 Å². The monoisotopic (exact) mass is 419 g/mol. The lowest BCUT2D eigenvalue weighted by atomic mass is 9.53. The van der Waals surface area contributed by atoms with E-state index in [0.717, 1.165) is 60.9 Å². The number of para-hydroxylation sites is 1. The average molecular weight is 420 g/mol. The van der Waals surface area contributed by atoms with Crippen molar-refractivity contribution in [3.8, 4) is 11.1 Å². The molecule has 3 saturated carbocycles. The maximum Gasteiger partial charge on any atom is 0.311 e. The topological polar surface area (TPSA) is 55.4 Å². The van der Waals surface area contributed by atoms with Gasteiger partial charge in [-0.15, -0.1) is 0 Å². The predicted octanol–water partition coefficient (Wildman–Crippen LogP) is 6.10. The number of nitrogens with one attached hydrogen (secondary N) is 1. The van der Waals surface area contributed by atoms with E-state index in [1.54, 1.807) is 0 Å². The van der Waals surface area contributed by atoms with Gasteiger partial charge in [0.15, 0.2) is 0 Å². The molecule has 3 aliphatic carbocycles. The SMILES string of the molecule is COC(=O)C12CCC(C(=O)Nc3c(-c4ccccc4)cccc3C(C)(C)C)(CC1)CC2. The van der Waals surface area contributed by atoms with E-state index >= 15 is 0 Å². The number of carbonyl (C=O) groups excluding carboxylic acids is 2. The van der Waals surface area contributed by atoms with Crippen LogP contribution >= 0.6 is 0 Å². The van der Waals surface area contributed by atoms with Crippen LogP contribution in [0.1, 0.15) is 64.9 Å². The molecule has 31 heavy (non-hydrogen) atoms. The van der Waals surface area contributed by atoms with E-state index in [0.29, 0.717) is 0 Å². The molecule has 1 amide bonds. The second kappa shape index (κ2) is 7.81. The van der Waals surface area contributed by atoms with Crippen molar-refractivity contribution in [3.63, 3.8) is 0 Å². The number of carbonyl (C=O) groups is 2. The summed E-state index contributed by atoms with van der Waals surface area (Å²) >= 11 is 0. The van der Waals surface area contributed by atoms with Crippen LogP contribution in [-0.2, 0) is 19.7 Å². The van der Waals surface area contributed by atoms with Gasteiger partial charge in [0, 0.05) is 11.0 Å². The summed E-state index contributed by atoms with van der Waals surface area (Å²) in [4.78, 5) is 26.1. The molecule has 0 heterocycles. The van der Waals surface area contributed by atoms with Crippen molar-refractivity contribution in [2.24, 2.45) is 10.8 Å². The highest BCUT2D eigenvalue weighted by atomic mass is 16.5. The number of amides is 1. The van der Waals surface area contributed by atoms with Crippen LogP contribution in [0, 0.1) is 10.8 Å². The predicted molar refractivity (Wildman–Crippen MR) is 124 cm³/mol. The van der Waals surface area contributed by atoms with Crippen LogP contribution in [0.2, 0.25) is 0 Å². The Balaban J connectivity index is 1.67. The van der Waals surface area contributed by atoms with Gasteiger partial charge in [-0.25, -0.2) is 0 Å². The summed E-state index contributed by atoms with van der Waals surface area (Å²) in [7, 11) is 1.47. The highest BCUT2D eigenvalue weighted by Gasteiger charge is 2.56. The van der Waals surface area contributed by atoms with Crippen LogP contribution in [0.5, 0.6) is 0 Å². The minimum absolute atomic E-state index is 0.0968. The Hall–Kier alpha value is -2.62. The number of fused-ring (bicyclic) bond motifs is 3. The third kappa shape index (κ3) is 3.77. The summed E-state index contributed by atoms with van der Waals surface area (Å²) in [5.41, 5.74) is 3.31. The van der Waals surface area contributed by atoms with Crippen molar-refractivity contribution in [3.05, 3.63) is 54.1 Å². The highest BCUT2D eigenvalue weighted by Crippen LogP contribution is 2.58. The Morgan fingerprint density at radius 3 is 1.97 bits per heavy atom. The first-order valence-corrected chi connectivity index (χ1v) is 11.3. The summed E-state index contributed by atoms with van der Waals surface area (Å²) in [6.07, 6.45) is 4.43. The molecule has 0 saturated heterocycles. The standard InChI is InChI=1S/C27H33NO3/c1-25(2,3)21-12-8-11-20(19-9-6-5-7-10-19)22(21)28-23(29)26-13-16-27(17-14-26,18-15-26)24(30)31-4/h5-12H,13-18H2,1-4H3,(H,28,29). The van der Waals surface area contributed by atoms with Crippen molar-refractivity contribution in [1.82, 2.24) is 0 Å². The van der Waals surface area contributed by atoms with E-state index < -0.39 is 5.41 Å². The maximum atomic E-state index is 13.7. The van der Waals surface area contributed by atoms with Crippen molar-refractivity contribution in [1.29, 1.82) is 0 Å². The van der Waals surface area contributed by atoms with Crippen LogP contribution in [0.25, 0.3) is 11.1 Å². The van der Waals surface area contributed by atoms with E-state index in [9.17, 15) is 9.59 Å². The molecule has 164 valence electrons. The lowest BCUT2D eigenvalue weighted by Crippen LogP contribution is -2.51. The molecule has 2 aromatic carbocycles. The van der Waals surface area contributed by atoms with Gasteiger partial charge in [0.1, 0.15) is 0 Å². The number of hydrogen-bond donors (Lipinski definition) is 1. The lowest BCUT2D eigenvalue weighted by Gasteiger charge is -2.50. The highest BCUT2D eigenvalue weighted by molar-refractivity contribution is 6.00. The Kier molecular flexibility index (Phi) is 5.45. The lowest BCUT2D eigenvalue weighted by molar-refractivity contribution is -0.165. The molecule has 0 aliphatic heterocycles. The zero-order valence-corrected chi connectivity index (χ0v) is 19.1. The number of methoxy groups -OCH3 is 1. The molecule has 4 nitrogen and oxygen atoms in total. The number of esters is 1. The summed E-state index contributed by atoms with van der Waals surface area (Å²) in [6.45, 7) is 6.53. The summed E-state index contributed by atoms with van der Waals surface area (Å²) < 4.78 is 5.08. The second-order valence-corrected chi connectivity index (χ2v) is 10.4. The van der Waals surface area contributed by atoms with Gasteiger partial charge in [0.2, 0.25) is 5.91 Å². The quantitative estimate of drug-likeness (QED) is 0.609. The molecule has 0 atom stereocenters. The van der Waals surface area contributed by atoms with E-state index in [2.05, 4.69) is 56.4 Å². The van der Waals surface area contributed by atoms with E-state index in [4.69, 9.17) is 4.74 Å². The normalized spacial score (nSPS) is 25.2. The second-order valence-electron chi connectivity index (χ2n) is 10.4. The zero-order valence-electron chi connectivity index (χ0n) is 19.1. The molecule has 0 radical (unpaired) electrons. The smallest absolute Gasteiger partial charge is 0.311 e. The van der Waals surface area contributed by atoms with Gasteiger partial charge in [0.05, 0.1) is 18.2 Å². The first-order chi connectivity index (χ1) is 14.7. The summed E-state index contributed by atoms with van der Waals surface area (Å²) in [5, 5.41) is 3.37. The minimum Gasteiger partial charge on any atom is -0.469 e. The first-order valence-electron chi connectivity index (χ1n) is 11.3. The molecular weight excluding hydrogens is 386 g/mol. The fourth-order valence-corrected chi connectivity index (χ4v) is 5.47. The van der Waals surface area contributed by atoms with Gasteiger partial charge in [-0.3, -0.25) is 9.59 Å². The molecule has 0 aromatic heterocycles. The number of anilines is 1. The summed E-state index contributed by atoms with van der Waals surface area (Å²) in [6, 6.07) is 16.5. The van der Waals surface area contributed by atoms with Gasteiger partial charge in [-0.05, 0) is 55.1 Å². The largest absolute Gasteiger partial charge is 0.469 e. The van der Waals surface area contributed by atoms with Crippen LogP contribution in [0.15, 0.2) is 48.5 Å². The Morgan fingerprint density at radius 2 is 1.42 bits per heavy atom. The van der Waals surface area contributed by atoms with Crippen LogP contribution in [0.4, 0.5) is 5.69 Å². The van der Waals surface area contributed by atoms with Crippen molar-refractivity contribution >= 4 is 17.6 Å². The van der Waals surface area contributed by atoms with Gasteiger partial charge in [0.25, 0.3) is 0 Å². The number of ether oxygens (including phenoxy) is 1. The number of rotatable bonds is 4. The molecule has 1 N–H and O–H groups in total. The fraction of sp³-hybridized carbons (Fsp3) is 0.481. The third-order valence-corrected chi connectivity index (χ3v) is 7.54. The van der Waals surface area contributed by atoms with E-state index in [-0.39, 0.29) is 22.7 Å². The maximum absolute atomic E-state index is 13.7. The van der Waals surface area contributed by atoms with E-state index in [1.807, 2.05) is 18.2 Å². The molecule has 3 aliphatic rings. The molecule has 3 fully saturated rings. The molecule has 0 unspecified atom stereocenters. The van der Waals surface area contributed by atoms with Crippen LogP contribution < -0.4 is 5.32 Å². The van der Waals surface area contributed by atoms with Crippen molar-refractivity contribution in [2.45, 2.75) is 64.7 Å². The number of benzene rings is 2. The van der Waals surface area contributed by atoms with Crippen LogP contribution in [0.3, 0.4) is 0 Å². The van der Waals surface area contributed by atoms with Gasteiger partial charge in [-0.2, -0.15) is 0 Å². The zero-order chi connectivity index (χ0) is 22.3. The Morgan fingerprint density at radius 1 is 0.839 bits per heavy atom. The molecular formula is C27H33NO3. The molecule has 2 aromatic rings. The van der Waals surface area contributed by atoms with Crippen molar-refractivity contribution < 1.29 is 14.3 Å². The third-order valence-electron chi connectivity index (χ3n) is 7.54. The van der Waals surface area contributed by atoms with Gasteiger partial charge in [-0.1, -0.05) is 69.3 Å². The molecule has 4 heteroatoms. The molecule has 5 rings (SSSR count). The van der Waals surface area contributed by atoms with Crippen molar-refractivity contribution in [2.75, 3.05) is 12.4 Å². The Bertz CT molecular complexity index is 963. The van der Waals surface area contributed by atoms with Gasteiger partial charge < -0.3 is 10.1 Å². The van der Waals surface area contributed by atoms with Gasteiger partial charge >= 0.3 is 5.97 Å². The molecule has 2 bridgehead atoms. The summed E-state index contributed by atoms with van der Waals surface area (Å²) in [5.74, 6) is -0.00908. The first kappa shape index (κ1) is 21.6. The number of hydrogen-bond acceptors (Lipinski definition) is 3. The average Bonchev–Trinajstić information content (AvgIpc) is 2.79. The molecule has 0 spiro atoms. The minimum atomic E-state index is -0.394. The van der Waals surface area contributed by atoms with Crippen LogP contribution in [-0.4, -0.2) is 19.0 Å².